The van der Waals surface area contributed by atoms with Gasteiger partial charge in [0.15, 0.2) is 5.65 Å². The summed E-state index contributed by atoms with van der Waals surface area (Å²) in [6.07, 6.45) is 10.2. The molecule has 2 saturated carbocycles. The van der Waals surface area contributed by atoms with Crippen molar-refractivity contribution in [3.05, 3.63) is 64.7 Å². The maximum absolute atomic E-state index is 15.4. The van der Waals surface area contributed by atoms with E-state index in [1.165, 1.54) is 12.8 Å². The normalized spacial score (nSPS) is 22.3. The van der Waals surface area contributed by atoms with Crippen molar-refractivity contribution in [2.24, 2.45) is 0 Å². The number of aromatic nitrogens is 6. The van der Waals surface area contributed by atoms with Crippen LogP contribution in [0.15, 0.2) is 30.6 Å². The molecule has 0 amide bonds. The quantitative estimate of drug-likeness (QED) is 0.352. The predicted molar refractivity (Wildman–Crippen MR) is 133 cm³/mol. The number of hydrogen-bond donors (Lipinski definition) is 0. The zero-order valence-corrected chi connectivity index (χ0v) is 20.6. The lowest BCUT2D eigenvalue weighted by Gasteiger charge is -2.28. The first-order chi connectivity index (χ1) is 17.5. The fourth-order valence-electron chi connectivity index (χ4n) is 5.21. The van der Waals surface area contributed by atoms with E-state index in [1.54, 1.807) is 6.07 Å². The molecular weight excluding hydrogens is 455 g/mol. The van der Waals surface area contributed by atoms with Crippen molar-refractivity contribution in [3.8, 4) is 11.3 Å². The highest BCUT2D eigenvalue weighted by Gasteiger charge is 2.31. The summed E-state index contributed by atoms with van der Waals surface area (Å²) in [5.74, 6) is 0.985. The lowest BCUT2D eigenvalue weighted by molar-refractivity contribution is 0.00396. The van der Waals surface area contributed by atoms with Gasteiger partial charge < -0.3 is 4.74 Å². The van der Waals surface area contributed by atoms with Crippen LogP contribution in [-0.2, 0) is 4.74 Å². The third-order valence-electron chi connectivity index (χ3n) is 7.82. The summed E-state index contributed by atoms with van der Waals surface area (Å²) in [6.45, 7) is 4.46. The highest BCUT2D eigenvalue weighted by molar-refractivity contribution is 5.87. The Morgan fingerprint density at radius 1 is 0.917 bits per heavy atom. The van der Waals surface area contributed by atoms with Gasteiger partial charge in [-0.3, -0.25) is 4.68 Å². The van der Waals surface area contributed by atoms with Crippen LogP contribution in [0.3, 0.4) is 0 Å². The van der Waals surface area contributed by atoms with Gasteiger partial charge in [-0.15, -0.1) is 0 Å². The van der Waals surface area contributed by atoms with E-state index in [0.717, 1.165) is 48.2 Å². The molecule has 0 bridgehead atoms. The lowest BCUT2D eigenvalue weighted by Crippen LogP contribution is -2.20. The number of fused-ring (bicyclic) bond motifs is 1. The van der Waals surface area contributed by atoms with Gasteiger partial charge in [-0.2, -0.15) is 5.10 Å². The maximum atomic E-state index is 15.4. The van der Waals surface area contributed by atoms with Crippen molar-refractivity contribution in [1.82, 2.24) is 29.7 Å². The molecule has 184 valence electrons. The third kappa shape index (κ3) is 3.97. The van der Waals surface area contributed by atoms with Gasteiger partial charge >= 0.3 is 0 Å². The molecular formula is C28H29FN6O. The van der Waals surface area contributed by atoms with Gasteiger partial charge in [-0.1, -0.05) is 6.07 Å². The molecule has 36 heavy (non-hydrogen) atoms. The Morgan fingerprint density at radius 2 is 1.75 bits per heavy atom. The molecule has 0 unspecified atom stereocenters. The van der Waals surface area contributed by atoms with E-state index in [1.807, 2.05) is 32.2 Å². The van der Waals surface area contributed by atoms with E-state index in [0.29, 0.717) is 46.8 Å². The number of halogens is 1. The second-order valence-electron chi connectivity index (χ2n) is 10.6. The van der Waals surface area contributed by atoms with Crippen molar-refractivity contribution in [2.45, 2.75) is 76.4 Å². The highest BCUT2D eigenvalue weighted by Crippen LogP contribution is 2.42. The van der Waals surface area contributed by atoms with Gasteiger partial charge in [0, 0.05) is 29.8 Å². The van der Waals surface area contributed by atoms with Crippen LogP contribution in [0.4, 0.5) is 4.39 Å². The van der Waals surface area contributed by atoms with Gasteiger partial charge in [0.1, 0.15) is 22.9 Å². The number of benzene rings is 1. The Morgan fingerprint density at radius 3 is 2.53 bits per heavy atom. The fourth-order valence-corrected chi connectivity index (χ4v) is 5.21. The number of ether oxygens (including phenoxy) is 1. The number of nitrogens with zero attached hydrogens (tertiary/aromatic N) is 6. The Bertz CT molecular complexity index is 1470. The van der Waals surface area contributed by atoms with Gasteiger partial charge in [0.2, 0.25) is 0 Å². The molecule has 0 spiro atoms. The smallest absolute Gasteiger partial charge is 0.182 e. The standard InChI is InChI=1S/C28H29FN6O/c1-15-16(2)32-28-26(31-15)25(22-8-5-18(11-23(22)29)17-3-4-17)33-27(34-28)19-9-10-36-24(12-19)20-13-30-35(14-20)21-6-7-21/h5,8,11,13-14,17,19,21,24H,3-4,6-7,9-10,12H2,1-2H3/t19-,24+/m0/s1. The zero-order valence-electron chi connectivity index (χ0n) is 20.6. The molecule has 4 aromatic rings. The van der Waals surface area contributed by atoms with Crippen LogP contribution in [0.2, 0.25) is 0 Å². The van der Waals surface area contributed by atoms with E-state index < -0.39 is 0 Å². The molecule has 3 aromatic heterocycles. The largest absolute Gasteiger partial charge is 0.373 e. The van der Waals surface area contributed by atoms with E-state index in [9.17, 15) is 0 Å². The molecule has 7 rings (SSSR count). The first-order valence-corrected chi connectivity index (χ1v) is 13.0. The second kappa shape index (κ2) is 8.40. The lowest BCUT2D eigenvalue weighted by atomic mass is 9.92. The SMILES string of the molecule is Cc1nc2nc([C@H]3CCO[C@@H](c4cnn(C5CC5)c4)C3)nc(-c3ccc(C4CC4)cc3F)c2nc1C. The Kier molecular flexibility index (Phi) is 5.13. The molecule has 0 N–H and O–H groups in total. The molecule has 0 radical (unpaired) electrons. The van der Waals surface area contributed by atoms with Crippen LogP contribution in [0.5, 0.6) is 0 Å². The van der Waals surface area contributed by atoms with E-state index >= 15 is 4.39 Å². The molecule has 2 aliphatic carbocycles. The zero-order chi connectivity index (χ0) is 24.4. The van der Waals surface area contributed by atoms with Crippen molar-refractivity contribution in [2.75, 3.05) is 6.61 Å². The Labute approximate surface area is 209 Å². The fraction of sp³-hybridized carbons (Fsp3) is 0.464. The predicted octanol–water partition coefficient (Wildman–Crippen LogP) is 5.89. The molecule has 3 aliphatic rings. The van der Waals surface area contributed by atoms with Gasteiger partial charge in [-0.05, 0) is 76.0 Å². The molecule has 1 saturated heterocycles. The Hall–Kier alpha value is -3.26. The molecule has 1 aliphatic heterocycles. The van der Waals surface area contributed by atoms with Crippen molar-refractivity contribution in [1.29, 1.82) is 0 Å². The van der Waals surface area contributed by atoms with Crippen molar-refractivity contribution >= 4 is 11.2 Å². The van der Waals surface area contributed by atoms with Crippen LogP contribution in [0.25, 0.3) is 22.4 Å². The average Bonchev–Trinajstić information content (AvgIpc) is 3.83. The minimum atomic E-state index is -0.261. The number of hydrogen-bond acceptors (Lipinski definition) is 6. The highest BCUT2D eigenvalue weighted by atomic mass is 19.1. The third-order valence-corrected chi connectivity index (χ3v) is 7.82. The van der Waals surface area contributed by atoms with Gasteiger partial charge in [-0.25, -0.2) is 24.3 Å². The summed E-state index contributed by atoms with van der Waals surface area (Å²) >= 11 is 0. The summed E-state index contributed by atoms with van der Waals surface area (Å²) in [6, 6.07) is 6.08. The van der Waals surface area contributed by atoms with Crippen molar-refractivity contribution in [3.63, 3.8) is 0 Å². The molecule has 7 nitrogen and oxygen atoms in total. The van der Waals surface area contributed by atoms with Crippen LogP contribution >= 0.6 is 0 Å². The minimum Gasteiger partial charge on any atom is -0.373 e. The first kappa shape index (κ1) is 22.0. The summed E-state index contributed by atoms with van der Waals surface area (Å²) < 4.78 is 23.6. The Balaban J connectivity index is 1.28. The van der Waals surface area contributed by atoms with Crippen LogP contribution in [-0.4, -0.2) is 36.3 Å². The van der Waals surface area contributed by atoms with E-state index in [-0.39, 0.29) is 17.8 Å². The molecule has 4 heterocycles. The molecule has 8 heteroatoms. The maximum Gasteiger partial charge on any atom is 0.182 e. The first-order valence-electron chi connectivity index (χ1n) is 13.0. The average molecular weight is 485 g/mol. The number of aryl methyl sites for hydroxylation is 2. The molecule has 3 fully saturated rings. The van der Waals surface area contributed by atoms with Crippen LogP contribution in [0.1, 0.15) is 90.8 Å². The summed E-state index contributed by atoms with van der Waals surface area (Å²) in [5.41, 5.74) is 5.83. The molecule has 1 aromatic carbocycles. The van der Waals surface area contributed by atoms with Crippen LogP contribution in [0, 0.1) is 19.7 Å². The molecule has 2 atom stereocenters. The van der Waals surface area contributed by atoms with E-state index in [2.05, 4.69) is 16.0 Å². The van der Waals surface area contributed by atoms with Gasteiger partial charge in [0.05, 0.1) is 29.7 Å². The summed E-state index contributed by atoms with van der Waals surface area (Å²) in [5, 5.41) is 4.54. The summed E-state index contributed by atoms with van der Waals surface area (Å²) in [7, 11) is 0. The van der Waals surface area contributed by atoms with Gasteiger partial charge in [0.25, 0.3) is 0 Å². The van der Waals surface area contributed by atoms with E-state index in [4.69, 9.17) is 24.7 Å². The monoisotopic (exact) mass is 484 g/mol. The topological polar surface area (TPSA) is 78.6 Å². The summed E-state index contributed by atoms with van der Waals surface area (Å²) in [4.78, 5) is 19.3. The number of rotatable bonds is 5. The van der Waals surface area contributed by atoms with Crippen molar-refractivity contribution < 1.29 is 9.13 Å². The second-order valence-corrected chi connectivity index (χ2v) is 10.6. The minimum absolute atomic E-state index is 0.0561. The van der Waals surface area contributed by atoms with Crippen LogP contribution < -0.4 is 0 Å².